The molecule has 0 aliphatic carbocycles. The molecule has 0 bridgehead atoms. The van der Waals surface area contributed by atoms with Crippen LogP contribution in [-0.2, 0) is 16.1 Å². The van der Waals surface area contributed by atoms with Gasteiger partial charge in [0.05, 0.1) is 12.2 Å². The van der Waals surface area contributed by atoms with Crippen molar-refractivity contribution in [1.29, 1.82) is 0 Å². The second kappa shape index (κ2) is 5.64. The fourth-order valence-electron chi connectivity index (χ4n) is 1.95. The Bertz CT molecular complexity index is 509. The van der Waals surface area contributed by atoms with Gasteiger partial charge in [0.1, 0.15) is 6.61 Å². The van der Waals surface area contributed by atoms with Crippen LogP contribution < -0.4 is 5.32 Å². The Hall–Kier alpha value is -2.18. The van der Waals surface area contributed by atoms with Crippen molar-refractivity contribution in [3.63, 3.8) is 0 Å². The third-order valence-electron chi connectivity index (χ3n) is 2.99. The van der Waals surface area contributed by atoms with Crippen LogP contribution in [0.3, 0.4) is 0 Å². The number of hydrogen-bond donors (Lipinski definition) is 1. The SMILES string of the molecule is C=CCOC(=O)c1nnn(CC2CCC(=O)N2)c1C. The highest BCUT2D eigenvalue weighted by atomic mass is 16.5. The van der Waals surface area contributed by atoms with Crippen LogP contribution in [0.4, 0.5) is 0 Å². The highest BCUT2D eigenvalue weighted by molar-refractivity contribution is 5.88. The third-order valence-corrected chi connectivity index (χ3v) is 2.99. The molecule has 0 saturated carbocycles. The molecule has 1 fully saturated rings. The predicted molar refractivity (Wildman–Crippen MR) is 66.4 cm³/mol. The van der Waals surface area contributed by atoms with Gasteiger partial charge in [-0.25, -0.2) is 9.48 Å². The summed E-state index contributed by atoms with van der Waals surface area (Å²) < 4.78 is 6.53. The summed E-state index contributed by atoms with van der Waals surface area (Å²) in [6.07, 6.45) is 2.80. The van der Waals surface area contributed by atoms with Gasteiger partial charge in [-0.05, 0) is 13.3 Å². The molecule has 0 aromatic carbocycles. The fraction of sp³-hybridized carbons (Fsp3) is 0.500. The van der Waals surface area contributed by atoms with Gasteiger partial charge in [-0.3, -0.25) is 4.79 Å². The van der Waals surface area contributed by atoms with E-state index in [1.807, 2.05) is 0 Å². The second-order valence-electron chi connectivity index (χ2n) is 4.40. The minimum absolute atomic E-state index is 0.0462. The molecule has 1 saturated heterocycles. The monoisotopic (exact) mass is 264 g/mol. The van der Waals surface area contributed by atoms with E-state index in [0.29, 0.717) is 18.7 Å². The average molecular weight is 264 g/mol. The maximum atomic E-state index is 11.7. The summed E-state index contributed by atoms with van der Waals surface area (Å²) in [6.45, 7) is 5.88. The molecule has 1 amide bonds. The topological polar surface area (TPSA) is 86.1 Å². The molecule has 7 nitrogen and oxygen atoms in total. The Kier molecular flexibility index (Phi) is 3.94. The van der Waals surface area contributed by atoms with Crippen molar-refractivity contribution in [2.75, 3.05) is 6.61 Å². The quantitative estimate of drug-likeness (QED) is 0.607. The molecule has 2 rings (SSSR count). The van der Waals surface area contributed by atoms with Crippen LogP contribution in [0.15, 0.2) is 12.7 Å². The van der Waals surface area contributed by atoms with E-state index in [4.69, 9.17) is 4.74 Å². The molecule has 1 aromatic heterocycles. The van der Waals surface area contributed by atoms with Gasteiger partial charge in [0, 0.05) is 12.5 Å². The van der Waals surface area contributed by atoms with Crippen LogP contribution >= 0.6 is 0 Å². The molecule has 2 heterocycles. The molecular formula is C12H16N4O3. The van der Waals surface area contributed by atoms with Gasteiger partial charge in [-0.2, -0.15) is 0 Å². The highest BCUT2D eigenvalue weighted by Crippen LogP contribution is 2.11. The summed E-state index contributed by atoms with van der Waals surface area (Å²) in [4.78, 5) is 22.8. The molecule has 102 valence electrons. The Morgan fingerprint density at radius 2 is 2.47 bits per heavy atom. The van der Waals surface area contributed by atoms with Crippen molar-refractivity contribution in [1.82, 2.24) is 20.3 Å². The van der Waals surface area contributed by atoms with E-state index in [9.17, 15) is 9.59 Å². The van der Waals surface area contributed by atoms with Gasteiger partial charge in [0.2, 0.25) is 5.91 Å². The molecule has 19 heavy (non-hydrogen) atoms. The third kappa shape index (κ3) is 2.98. The van der Waals surface area contributed by atoms with Gasteiger partial charge in [-0.15, -0.1) is 5.10 Å². The number of hydrogen-bond acceptors (Lipinski definition) is 5. The van der Waals surface area contributed by atoms with E-state index in [1.54, 1.807) is 11.6 Å². The summed E-state index contributed by atoms with van der Waals surface area (Å²) in [7, 11) is 0. The standard InChI is InChI=1S/C12H16N4O3/c1-3-6-19-12(18)11-8(2)16(15-14-11)7-9-4-5-10(17)13-9/h3,9H,1,4-7H2,2H3,(H,13,17). The van der Waals surface area contributed by atoms with Crippen LogP contribution in [0.2, 0.25) is 0 Å². The lowest BCUT2D eigenvalue weighted by atomic mass is 10.2. The summed E-state index contributed by atoms with van der Waals surface area (Å²) in [5.41, 5.74) is 0.835. The fourth-order valence-corrected chi connectivity index (χ4v) is 1.95. The number of nitrogens with zero attached hydrogens (tertiary/aromatic N) is 3. The first-order chi connectivity index (χ1) is 9.11. The largest absolute Gasteiger partial charge is 0.457 e. The molecule has 1 N–H and O–H groups in total. The van der Waals surface area contributed by atoms with Crippen molar-refractivity contribution in [3.05, 3.63) is 24.0 Å². The number of carbonyl (C=O) groups is 2. The molecule has 1 aromatic rings. The summed E-state index contributed by atoms with van der Waals surface area (Å²) in [5, 5.41) is 10.6. The van der Waals surface area contributed by atoms with Crippen LogP contribution in [0.5, 0.6) is 0 Å². The minimum atomic E-state index is -0.515. The van der Waals surface area contributed by atoms with E-state index in [2.05, 4.69) is 22.2 Å². The lowest BCUT2D eigenvalue weighted by molar-refractivity contribution is -0.119. The zero-order chi connectivity index (χ0) is 13.8. The smallest absolute Gasteiger partial charge is 0.361 e. The maximum absolute atomic E-state index is 11.7. The van der Waals surface area contributed by atoms with Crippen molar-refractivity contribution >= 4 is 11.9 Å². The Balaban J connectivity index is 2.03. The maximum Gasteiger partial charge on any atom is 0.361 e. The number of ether oxygens (including phenoxy) is 1. The molecule has 0 spiro atoms. The first-order valence-electron chi connectivity index (χ1n) is 6.09. The zero-order valence-electron chi connectivity index (χ0n) is 10.8. The summed E-state index contributed by atoms with van der Waals surface area (Å²) >= 11 is 0. The Morgan fingerprint density at radius 1 is 1.68 bits per heavy atom. The van der Waals surface area contributed by atoms with Crippen molar-refractivity contribution in [2.24, 2.45) is 0 Å². The zero-order valence-corrected chi connectivity index (χ0v) is 10.8. The summed E-state index contributed by atoms with van der Waals surface area (Å²) in [6, 6.07) is 0.0462. The van der Waals surface area contributed by atoms with E-state index in [0.717, 1.165) is 6.42 Å². The van der Waals surface area contributed by atoms with E-state index in [1.165, 1.54) is 6.08 Å². The van der Waals surface area contributed by atoms with Gasteiger partial charge >= 0.3 is 5.97 Å². The minimum Gasteiger partial charge on any atom is -0.457 e. The molecule has 1 aliphatic heterocycles. The number of amides is 1. The number of esters is 1. The van der Waals surface area contributed by atoms with Gasteiger partial charge in [-0.1, -0.05) is 17.9 Å². The van der Waals surface area contributed by atoms with Crippen LogP contribution in [0.25, 0.3) is 0 Å². The van der Waals surface area contributed by atoms with Crippen molar-refractivity contribution in [3.8, 4) is 0 Å². The first kappa shape index (κ1) is 13.3. The number of nitrogens with one attached hydrogen (secondary N) is 1. The number of rotatable bonds is 5. The molecule has 7 heteroatoms. The van der Waals surface area contributed by atoms with E-state index in [-0.39, 0.29) is 24.2 Å². The van der Waals surface area contributed by atoms with E-state index >= 15 is 0 Å². The first-order valence-corrected chi connectivity index (χ1v) is 6.09. The van der Waals surface area contributed by atoms with Crippen LogP contribution in [-0.4, -0.2) is 39.5 Å². The normalized spacial score (nSPS) is 18.2. The van der Waals surface area contributed by atoms with Crippen molar-refractivity contribution < 1.29 is 14.3 Å². The number of carbonyl (C=O) groups excluding carboxylic acids is 2. The number of aromatic nitrogens is 3. The molecular weight excluding hydrogens is 248 g/mol. The summed E-state index contributed by atoms with van der Waals surface area (Å²) in [5.74, 6) is -0.465. The van der Waals surface area contributed by atoms with Gasteiger partial charge in [0.15, 0.2) is 5.69 Å². The van der Waals surface area contributed by atoms with E-state index < -0.39 is 5.97 Å². The van der Waals surface area contributed by atoms with Gasteiger partial charge < -0.3 is 10.1 Å². The predicted octanol–water partition coefficient (Wildman–Crippen LogP) is 0.208. The van der Waals surface area contributed by atoms with Crippen molar-refractivity contribution in [2.45, 2.75) is 32.4 Å². The molecule has 0 radical (unpaired) electrons. The average Bonchev–Trinajstić information content (AvgIpc) is 2.95. The molecule has 1 atom stereocenters. The molecule has 1 aliphatic rings. The lowest BCUT2D eigenvalue weighted by Gasteiger charge is -2.10. The lowest BCUT2D eigenvalue weighted by Crippen LogP contribution is -2.30. The Morgan fingerprint density at radius 3 is 3.11 bits per heavy atom. The molecule has 1 unspecified atom stereocenters. The van der Waals surface area contributed by atoms with Crippen LogP contribution in [0, 0.1) is 6.92 Å². The Labute approximate surface area is 110 Å². The van der Waals surface area contributed by atoms with Gasteiger partial charge in [0.25, 0.3) is 0 Å². The second-order valence-corrected chi connectivity index (χ2v) is 4.40. The highest BCUT2D eigenvalue weighted by Gasteiger charge is 2.24. The van der Waals surface area contributed by atoms with Crippen LogP contribution in [0.1, 0.15) is 29.0 Å².